The smallest absolute Gasteiger partial charge is 0.223 e. The topological polar surface area (TPSA) is 51.2 Å². The molecule has 21 heavy (non-hydrogen) atoms. The predicted octanol–water partition coefficient (Wildman–Crippen LogP) is 2.39. The Bertz CT molecular complexity index is 678. The Morgan fingerprint density at radius 3 is 2.90 bits per heavy atom. The van der Waals surface area contributed by atoms with Crippen molar-refractivity contribution in [1.82, 2.24) is 10.3 Å². The third-order valence-electron chi connectivity index (χ3n) is 2.90. The Labute approximate surface area is 124 Å². The molecule has 0 saturated carbocycles. The number of aromatic nitrogens is 1. The average Bonchev–Trinajstić information content (AvgIpc) is 2.50. The van der Waals surface area contributed by atoms with Crippen LogP contribution in [-0.2, 0) is 4.79 Å². The highest BCUT2D eigenvalue weighted by molar-refractivity contribution is 5.84. The molecular formula is C17H18N2O2. The van der Waals surface area contributed by atoms with E-state index < -0.39 is 0 Å². The van der Waals surface area contributed by atoms with E-state index >= 15 is 0 Å². The fraction of sp³-hybridized carbons (Fsp3) is 0.294. The fourth-order valence-electron chi connectivity index (χ4n) is 1.76. The first-order chi connectivity index (χ1) is 10.2. The minimum absolute atomic E-state index is 0.00321. The molecule has 2 rings (SSSR count). The molecular weight excluding hydrogens is 264 g/mol. The van der Waals surface area contributed by atoms with Crippen LogP contribution in [0.5, 0.6) is 5.75 Å². The van der Waals surface area contributed by atoms with Crippen molar-refractivity contribution in [2.45, 2.75) is 13.8 Å². The summed E-state index contributed by atoms with van der Waals surface area (Å²) in [5.41, 5.74) is 0.829. The van der Waals surface area contributed by atoms with Gasteiger partial charge in [0.15, 0.2) is 0 Å². The van der Waals surface area contributed by atoms with E-state index in [0.29, 0.717) is 12.3 Å². The summed E-state index contributed by atoms with van der Waals surface area (Å²) in [5, 5.41) is 3.76. The highest BCUT2D eigenvalue weighted by atomic mass is 16.5. The quantitative estimate of drug-likeness (QED) is 0.876. The number of fused-ring (bicyclic) bond motifs is 1. The number of nitrogens with zero attached hydrogens (tertiary/aromatic N) is 1. The van der Waals surface area contributed by atoms with Crippen molar-refractivity contribution in [3.63, 3.8) is 0 Å². The summed E-state index contributed by atoms with van der Waals surface area (Å²) >= 11 is 0. The molecule has 4 heteroatoms. The van der Waals surface area contributed by atoms with Crippen molar-refractivity contribution >= 4 is 16.8 Å². The van der Waals surface area contributed by atoms with Crippen LogP contribution in [0.25, 0.3) is 10.9 Å². The van der Waals surface area contributed by atoms with Crippen molar-refractivity contribution < 1.29 is 9.53 Å². The van der Waals surface area contributed by atoms with E-state index in [0.717, 1.165) is 10.9 Å². The van der Waals surface area contributed by atoms with Crippen molar-refractivity contribution in [1.29, 1.82) is 0 Å². The number of amides is 1. The molecule has 1 amide bonds. The largest absolute Gasteiger partial charge is 0.479 e. The third-order valence-corrected chi connectivity index (χ3v) is 2.90. The van der Waals surface area contributed by atoms with Crippen molar-refractivity contribution in [2.75, 3.05) is 13.2 Å². The number of hydrogen-bond acceptors (Lipinski definition) is 3. The summed E-state index contributed by atoms with van der Waals surface area (Å²) in [4.78, 5) is 15.6. The van der Waals surface area contributed by atoms with Crippen LogP contribution in [0, 0.1) is 17.8 Å². The number of carbonyl (C=O) groups is 1. The molecule has 0 spiro atoms. The molecule has 1 aromatic heterocycles. The second-order valence-corrected chi connectivity index (χ2v) is 4.85. The number of rotatable bonds is 4. The van der Waals surface area contributed by atoms with Crippen LogP contribution in [0.1, 0.15) is 13.8 Å². The van der Waals surface area contributed by atoms with Gasteiger partial charge in [0, 0.05) is 17.5 Å². The summed E-state index contributed by atoms with van der Waals surface area (Å²) in [6.07, 6.45) is 1.74. The number of pyridine rings is 1. The minimum Gasteiger partial charge on any atom is -0.479 e. The first-order valence-corrected chi connectivity index (χ1v) is 6.88. The molecule has 1 aromatic carbocycles. The van der Waals surface area contributed by atoms with E-state index in [1.165, 1.54) is 0 Å². The third kappa shape index (κ3) is 4.22. The van der Waals surface area contributed by atoms with Crippen LogP contribution in [0.4, 0.5) is 0 Å². The molecule has 0 fully saturated rings. The van der Waals surface area contributed by atoms with E-state index in [9.17, 15) is 4.79 Å². The van der Waals surface area contributed by atoms with Gasteiger partial charge < -0.3 is 10.1 Å². The van der Waals surface area contributed by atoms with Crippen LogP contribution in [-0.4, -0.2) is 24.0 Å². The summed E-state index contributed by atoms with van der Waals surface area (Å²) < 4.78 is 5.62. The second-order valence-electron chi connectivity index (χ2n) is 4.85. The Morgan fingerprint density at radius 1 is 1.29 bits per heavy atom. The summed E-state index contributed by atoms with van der Waals surface area (Å²) in [6.45, 7) is 4.31. The molecule has 0 saturated heterocycles. The van der Waals surface area contributed by atoms with E-state index in [4.69, 9.17) is 4.74 Å². The summed E-state index contributed by atoms with van der Waals surface area (Å²) in [5.74, 6) is 6.44. The fourth-order valence-corrected chi connectivity index (χ4v) is 1.76. The van der Waals surface area contributed by atoms with E-state index in [1.54, 1.807) is 6.20 Å². The van der Waals surface area contributed by atoms with Crippen LogP contribution in [0.15, 0.2) is 36.5 Å². The van der Waals surface area contributed by atoms with E-state index in [1.807, 2.05) is 44.2 Å². The second kappa shape index (κ2) is 7.30. The molecule has 0 atom stereocenters. The zero-order chi connectivity index (χ0) is 15.1. The number of benzene rings is 1. The lowest BCUT2D eigenvalue weighted by Crippen LogP contribution is -2.27. The van der Waals surface area contributed by atoms with Gasteiger partial charge in [0.2, 0.25) is 5.91 Å². The lowest BCUT2D eigenvalue weighted by molar-refractivity contribution is -0.123. The van der Waals surface area contributed by atoms with Crippen LogP contribution < -0.4 is 10.1 Å². The summed E-state index contributed by atoms with van der Waals surface area (Å²) in [7, 11) is 0. The van der Waals surface area contributed by atoms with Gasteiger partial charge in [-0.25, -0.2) is 0 Å². The lowest BCUT2D eigenvalue weighted by atomic mass is 10.2. The molecule has 0 bridgehead atoms. The van der Waals surface area contributed by atoms with Gasteiger partial charge in [-0.3, -0.25) is 9.78 Å². The predicted molar refractivity (Wildman–Crippen MR) is 82.9 cm³/mol. The van der Waals surface area contributed by atoms with Gasteiger partial charge in [-0.1, -0.05) is 43.9 Å². The Hall–Kier alpha value is -2.54. The highest BCUT2D eigenvalue weighted by Crippen LogP contribution is 2.22. The number of para-hydroxylation sites is 1. The Morgan fingerprint density at radius 2 is 2.10 bits per heavy atom. The first kappa shape index (κ1) is 14.9. The number of nitrogens with one attached hydrogen (secondary N) is 1. The number of hydrogen-bond donors (Lipinski definition) is 1. The van der Waals surface area contributed by atoms with Crippen LogP contribution >= 0.6 is 0 Å². The first-order valence-electron chi connectivity index (χ1n) is 6.88. The molecule has 108 valence electrons. The minimum atomic E-state index is -0.0233. The maximum Gasteiger partial charge on any atom is 0.223 e. The Kier molecular flexibility index (Phi) is 5.16. The normalized spacial score (nSPS) is 10.0. The maximum absolute atomic E-state index is 11.3. The standard InChI is InChI=1S/C17H18N2O2/c1-13(2)17(20)19-10-3-4-12-21-15-9-5-7-14-8-6-11-18-16(14)15/h5-9,11,13H,10,12H2,1-2H3,(H,19,20). The van der Waals surface area contributed by atoms with Gasteiger partial charge in [0.1, 0.15) is 17.9 Å². The maximum atomic E-state index is 11.3. The summed E-state index contributed by atoms with van der Waals surface area (Å²) in [6, 6.07) is 9.67. The average molecular weight is 282 g/mol. The highest BCUT2D eigenvalue weighted by Gasteiger charge is 2.03. The molecule has 1 N–H and O–H groups in total. The molecule has 0 aliphatic heterocycles. The van der Waals surface area contributed by atoms with Crippen molar-refractivity contribution in [3.8, 4) is 17.6 Å². The number of carbonyl (C=O) groups excluding carboxylic acids is 1. The SMILES string of the molecule is CC(C)C(=O)NCC#CCOc1cccc2cccnc12. The lowest BCUT2D eigenvalue weighted by Gasteiger charge is -2.05. The zero-order valence-electron chi connectivity index (χ0n) is 12.2. The van der Waals surface area contributed by atoms with E-state index in [-0.39, 0.29) is 18.4 Å². The Balaban J connectivity index is 1.87. The van der Waals surface area contributed by atoms with E-state index in [2.05, 4.69) is 22.1 Å². The molecule has 0 aliphatic carbocycles. The van der Waals surface area contributed by atoms with Gasteiger partial charge in [-0.2, -0.15) is 0 Å². The monoisotopic (exact) mass is 282 g/mol. The van der Waals surface area contributed by atoms with Crippen molar-refractivity contribution in [2.24, 2.45) is 5.92 Å². The van der Waals surface area contributed by atoms with Gasteiger partial charge in [0.25, 0.3) is 0 Å². The van der Waals surface area contributed by atoms with Gasteiger partial charge in [0.05, 0.1) is 6.54 Å². The van der Waals surface area contributed by atoms with Gasteiger partial charge >= 0.3 is 0 Å². The van der Waals surface area contributed by atoms with Gasteiger partial charge in [-0.05, 0) is 12.1 Å². The molecule has 0 radical (unpaired) electrons. The molecule has 0 aliphatic rings. The molecule has 1 heterocycles. The zero-order valence-corrected chi connectivity index (χ0v) is 12.2. The molecule has 4 nitrogen and oxygen atoms in total. The van der Waals surface area contributed by atoms with Crippen LogP contribution in [0.3, 0.4) is 0 Å². The number of ether oxygens (including phenoxy) is 1. The van der Waals surface area contributed by atoms with Gasteiger partial charge in [-0.15, -0.1) is 0 Å². The van der Waals surface area contributed by atoms with Crippen LogP contribution in [0.2, 0.25) is 0 Å². The van der Waals surface area contributed by atoms with Crippen molar-refractivity contribution in [3.05, 3.63) is 36.5 Å². The molecule has 0 unspecified atom stereocenters. The molecule has 2 aromatic rings.